The molecule has 1 aromatic carbocycles. The predicted molar refractivity (Wildman–Crippen MR) is 102 cm³/mol. The van der Waals surface area contributed by atoms with Crippen LogP contribution in [0.25, 0.3) is 0 Å². The van der Waals surface area contributed by atoms with Gasteiger partial charge in [-0.15, -0.1) is 10.2 Å². The summed E-state index contributed by atoms with van der Waals surface area (Å²) >= 11 is 0.879. The van der Waals surface area contributed by atoms with Gasteiger partial charge in [0.1, 0.15) is 0 Å². The number of carbonyl (C=O) groups is 1. The van der Waals surface area contributed by atoms with E-state index in [1.807, 2.05) is 45.9 Å². The Hall–Kier alpha value is -2.00. The number of anilines is 2. The molecule has 1 aromatic heterocycles. The first-order valence-electron chi connectivity index (χ1n) is 8.46. The van der Waals surface area contributed by atoms with E-state index in [0.717, 1.165) is 22.5 Å². The van der Waals surface area contributed by atoms with Gasteiger partial charge >= 0.3 is 0 Å². The second-order valence-corrected chi connectivity index (χ2v) is 9.97. The normalized spacial score (nSPS) is 16.8. The molecule has 1 amide bonds. The number of rotatable bonds is 5. The van der Waals surface area contributed by atoms with E-state index < -0.39 is 10.0 Å². The predicted octanol–water partition coefficient (Wildman–Crippen LogP) is 2.97. The van der Waals surface area contributed by atoms with Crippen LogP contribution < -0.4 is 9.62 Å². The minimum absolute atomic E-state index is 0.112. The van der Waals surface area contributed by atoms with Crippen molar-refractivity contribution in [2.45, 2.75) is 50.9 Å². The van der Waals surface area contributed by atoms with Crippen molar-refractivity contribution in [1.29, 1.82) is 0 Å². The molecule has 1 aliphatic rings. The van der Waals surface area contributed by atoms with Gasteiger partial charge in [-0.1, -0.05) is 37.3 Å². The highest BCUT2D eigenvalue weighted by Crippen LogP contribution is 2.38. The fourth-order valence-corrected chi connectivity index (χ4v) is 5.73. The number of nitrogens with one attached hydrogen (secondary N) is 1. The van der Waals surface area contributed by atoms with Crippen LogP contribution in [0.5, 0.6) is 0 Å². The van der Waals surface area contributed by atoms with E-state index >= 15 is 0 Å². The summed E-state index contributed by atoms with van der Waals surface area (Å²) in [5, 5.41) is 10.5. The van der Waals surface area contributed by atoms with Gasteiger partial charge in [-0.25, -0.2) is 0 Å². The molecule has 2 aromatic rings. The molecule has 0 saturated carbocycles. The zero-order valence-electron chi connectivity index (χ0n) is 15.2. The smallest absolute Gasteiger partial charge is 0.293 e. The third-order valence-electron chi connectivity index (χ3n) is 4.12. The van der Waals surface area contributed by atoms with Crippen LogP contribution in [0.2, 0.25) is 0 Å². The molecule has 140 valence electrons. The van der Waals surface area contributed by atoms with Crippen molar-refractivity contribution in [2.24, 2.45) is 5.92 Å². The second-order valence-electron chi connectivity index (χ2n) is 7.01. The Kier molecular flexibility index (Phi) is 5.03. The molecule has 0 fully saturated rings. The number of nitrogens with zero attached hydrogens (tertiary/aromatic N) is 3. The fourth-order valence-electron chi connectivity index (χ4n) is 3.05. The molecular formula is C17H22N4O3S2. The van der Waals surface area contributed by atoms with Crippen LogP contribution in [-0.2, 0) is 21.2 Å². The summed E-state index contributed by atoms with van der Waals surface area (Å²) < 4.78 is 27.5. The van der Waals surface area contributed by atoms with E-state index in [2.05, 4.69) is 15.5 Å². The first kappa shape index (κ1) is 18.8. The van der Waals surface area contributed by atoms with Crippen molar-refractivity contribution < 1.29 is 13.2 Å². The lowest BCUT2D eigenvalue weighted by Gasteiger charge is -2.22. The summed E-state index contributed by atoms with van der Waals surface area (Å²) in [6.07, 6.45) is 1.00. The number of benzene rings is 1. The molecule has 0 saturated heterocycles. The number of fused-ring (bicyclic) bond motifs is 1. The maximum absolute atomic E-state index is 13.1. The molecule has 7 nitrogen and oxygen atoms in total. The van der Waals surface area contributed by atoms with Crippen molar-refractivity contribution in [1.82, 2.24) is 10.2 Å². The number of sulfonamides is 1. The van der Waals surface area contributed by atoms with Gasteiger partial charge in [0.25, 0.3) is 14.4 Å². The van der Waals surface area contributed by atoms with Gasteiger partial charge in [0.05, 0.1) is 5.69 Å². The second kappa shape index (κ2) is 6.96. The van der Waals surface area contributed by atoms with E-state index in [-0.39, 0.29) is 27.3 Å². The van der Waals surface area contributed by atoms with Crippen LogP contribution in [0.4, 0.5) is 10.8 Å². The van der Waals surface area contributed by atoms with Crippen molar-refractivity contribution in [3.63, 3.8) is 0 Å². The van der Waals surface area contributed by atoms with Gasteiger partial charge < -0.3 is 5.32 Å². The van der Waals surface area contributed by atoms with Gasteiger partial charge in [0.2, 0.25) is 11.0 Å². The van der Waals surface area contributed by atoms with Crippen LogP contribution >= 0.6 is 11.3 Å². The maximum atomic E-state index is 13.1. The summed E-state index contributed by atoms with van der Waals surface area (Å²) in [5.41, 5.74) is 2.69. The number of aromatic nitrogens is 2. The van der Waals surface area contributed by atoms with Gasteiger partial charge in [0.15, 0.2) is 0 Å². The number of hydrogen-bond acceptors (Lipinski definition) is 6. The minimum atomic E-state index is -3.83. The number of amides is 1. The maximum Gasteiger partial charge on any atom is 0.293 e. The average Bonchev–Trinajstić information content (AvgIpc) is 3.10. The zero-order chi connectivity index (χ0) is 19.1. The molecule has 1 aliphatic heterocycles. The Morgan fingerprint density at radius 1 is 1.38 bits per heavy atom. The molecule has 0 bridgehead atoms. The summed E-state index contributed by atoms with van der Waals surface area (Å²) in [4.78, 5) is 11.9. The molecule has 0 unspecified atom stereocenters. The SMILES string of the molecule is Cc1ccc2c(c1)N(S(=O)(=O)c1nnc(NC(=O)CC(C)C)s1)[C@H](C)C2. The molecule has 9 heteroatoms. The number of hydrogen-bond donors (Lipinski definition) is 1. The molecule has 26 heavy (non-hydrogen) atoms. The van der Waals surface area contributed by atoms with E-state index in [1.54, 1.807) is 0 Å². The fraction of sp³-hybridized carbons (Fsp3) is 0.471. The lowest BCUT2D eigenvalue weighted by Crippen LogP contribution is -2.35. The minimum Gasteiger partial charge on any atom is -0.300 e. The molecule has 2 heterocycles. The highest BCUT2D eigenvalue weighted by Gasteiger charge is 2.38. The van der Waals surface area contributed by atoms with Crippen molar-refractivity contribution in [3.05, 3.63) is 29.3 Å². The molecule has 0 aliphatic carbocycles. The van der Waals surface area contributed by atoms with Gasteiger partial charge in [0, 0.05) is 12.5 Å². The average molecular weight is 395 g/mol. The van der Waals surface area contributed by atoms with Gasteiger partial charge in [-0.05, 0) is 43.4 Å². The summed E-state index contributed by atoms with van der Waals surface area (Å²) in [7, 11) is -3.83. The Balaban J connectivity index is 1.88. The molecule has 0 spiro atoms. The summed E-state index contributed by atoms with van der Waals surface area (Å²) in [6.45, 7) is 7.67. The molecular weight excluding hydrogens is 372 g/mol. The monoisotopic (exact) mass is 394 g/mol. The summed E-state index contributed by atoms with van der Waals surface area (Å²) in [6, 6.07) is 5.63. The first-order chi connectivity index (χ1) is 12.2. The van der Waals surface area contributed by atoms with Crippen molar-refractivity contribution >= 4 is 38.1 Å². The molecule has 3 rings (SSSR count). The Bertz CT molecular complexity index is 937. The Labute approximate surface area is 157 Å². The Morgan fingerprint density at radius 3 is 2.81 bits per heavy atom. The number of aryl methyl sites for hydroxylation is 1. The van der Waals surface area contributed by atoms with Crippen molar-refractivity contribution in [2.75, 3.05) is 9.62 Å². The number of carbonyl (C=O) groups excluding carboxylic acids is 1. The molecule has 1 N–H and O–H groups in total. The van der Waals surface area contributed by atoms with Crippen LogP contribution in [-0.4, -0.2) is 30.6 Å². The van der Waals surface area contributed by atoms with E-state index in [0.29, 0.717) is 18.5 Å². The van der Waals surface area contributed by atoms with Crippen LogP contribution in [0.3, 0.4) is 0 Å². The highest BCUT2D eigenvalue weighted by molar-refractivity contribution is 7.94. The lowest BCUT2D eigenvalue weighted by molar-refractivity contribution is -0.116. The van der Waals surface area contributed by atoms with Gasteiger partial charge in [-0.3, -0.25) is 9.10 Å². The topological polar surface area (TPSA) is 92.3 Å². The first-order valence-corrected chi connectivity index (χ1v) is 10.7. The van der Waals surface area contributed by atoms with E-state index in [9.17, 15) is 13.2 Å². The molecule has 0 radical (unpaired) electrons. The summed E-state index contributed by atoms with van der Waals surface area (Å²) in [5.74, 6) is 0.00641. The largest absolute Gasteiger partial charge is 0.300 e. The standard InChI is InChI=1S/C17H22N4O3S2/c1-10(2)7-15(22)18-16-19-20-17(25-16)26(23,24)21-12(4)9-13-6-5-11(3)8-14(13)21/h5-6,8,10,12H,7,9H2,1-4H3,(H,18,19,22)/t12-/m1/s1. The van der Waals surface area contributed by atoms with Crippen LogP contribution in [0, 0.1) is 12.8 Å². The highest BCUT2D eigenvalue weighted by atomic mass is 32.2. The lowest BCUT2D eigenvalue weighted by atomic mass is 10.1. The van der Waals surface area contributed by atoms with Crippen LogP contribution in [0.1, 0.15) is 38.3 Å². The third-order valence-corrected chi connectivity index (χ3v) is 7.23. The van der Waals surface area contributed by atoms with Gasteiger partial charge in [-0.2, -0.15) is 8.42 Å². The molecule has 1 atom stereocenters. The van der Waals surface area contributed by atoms with E-state index in [1.165, 1.54) is 4.31 Å². The third kappa shape index (κ3) is 3.59. The van der Waals surface area contributed by atoms with E-state index in [4.69, 9.17) is 0 Å². The quantitative estimate of drug-likeness (QED) is 0.787. The van der Waals surface area contributed by atoms with Crippen molar-refractivity contribution in [3.8, 4) is 0 Å². The zero-order valence-corrected chi connectivity index (χ0v) is 16.8. The van der Waals surface area contributed by atoms with Crippen LogP contribution in [0.15, 0.2) is 22.5 Å². The Morgan fingerprint density at radius 2 is 2.12 bits per heavy atom.